The zero-order valence-corrected chi connectivity index (χ0v) is 9.93. The summed E-state index contributed by atoms with van der Waals surface area (Å²) in [6, 6.07) is 0. The van der Waals surface area contributed by atoms with E-state index in [1.54, 1.807) is 0 Å². The van der Waals surface area contributed by atoms with Gasteiger partial charge >= 0.3 is 6.09 Å². The number of thiocarbonyl (C=S) groups is 1. The molecule has 0 spiro atoms. The Balaban J connectivity index is 4.17. The number of nitrogens with two attached hydrogens (primary N) is 2. The molecule has 1 amide bonds. The van der Waals surface area contributed by atoms with Crippen molar-refractivity contribution in [2.45, 2.75) is 26.7 Å². The quantitative estimate of drug-likeness (QED) is 0.673. The third-order valence-corrected chi connectivity index (χ3v) is 2.10. The lowest BCUT2D eigenvalue weighted by Crippen LogP contribution is -2.33. The van der Waals surface area contributed by atoms with Gasteiger partial charge in [-0.15, -0.1) is 0 Å². The van der Waals surface area contributed by atoms with E-state index in [1.807, 2.05) is 13.8 Å². The standard InChI is InChI=1S/C9H18N2O3S/c1-3-4-9(2,5-13-7(10)12)6-14-8(11)15/h3-6H2,1-2H3,(H2,10,12)(H2,11,15). The first-order chi connectivity index (χ1) is 6.89. The molecule has 0 saturated carbocycles. The molecule has 0 aromatic heterocycles. The van der Waals surface area contributed by atoms with Crippen LogP contribution in [0.1, 0.15) is 26.7 Å². The first-order valence-corrected chi connectivity index (χ1v) is 5.15. The van der Waals surface area contributed by atoms with Crippen molar-refractivity contribution in [2.24, 2.45) is 16.9 Å². The highest BCUT2D eigenvalue weighted by Crippen LogP contribution is 2.24. The van der Waals surface area contributed by atoms with Crippen molar-refractivity contribution in [3.63, 3.8) is 0 Å². The van der Waals surface area contributed by atoms with Gasteiger partial charge < -0.3 is 20.9 Å². The van der Waals surface area contributed by atoms with E-state index >= 15 is 0 Å². The number of rotatable bonds is 6. The van der Waals surface area contributed by atoms with Crippen LogP contribution in [-0.2, 0) is 9.47 Å². The number of hydrogen-bond donors (Lipinski definition) is 2. The van der Waals surface area contributed by atoms with Gasteiger partial charge in [0.15, 0.2) is 0 Å². The zero-order valence-electron chi connectivity index (χ0n) is 9.12. The number of amides is 1. The number of carbonyl (C=O) groups is 1. The molecule has 5 nitrogen and oxygen atoms in total. The minimum atomic E-state index is -0.785. The fraction of sp³-hybridized carbons (Fsp3) is 0.778. The average Bonchev–Trinajstić information content (AvgIpc) is 2.13. The maximum absolute atomic E-state index is 10.5. The van der Waals surface area contributed by atoms with E-state index < -0.39 is 6.09 Å². The number of carbonyl (C=O) groups excluding carboxylic acids is 1. The molecule has 0 aliphatic heterocycles. The predicted octanol–water partition coefficient (Wildman–Crippen LogP) is 1.15. The molecule has 0 radical (unpaired) electrons. The van der Waals surface area contributed by atoms with Crippen LogP contribution in [0.4, 0.5) is 4.79 Å². The molecule has 0 heterocycles. The van der Waals surface area contributed by atoms with E-state index in [0.717, 1.165) is 12.8 Å². The van der Waals surface area contributed by atoms with E-state index in [1.165, 1.54) is 0 Å². The van der Waals surface area contributed by atoms with Crippen LogP contribution in [0.2, 0.25) is 0 Å². The van der Waals surface area contributed by atoms with Gasteiger partial charge in [0.25, 0.3) is 5.17 Å². The van der Waals surface area contributed by atoms with Crippen molar-refractivity contribution in [2.75, 3.05) is 13.2 Å². The van der Waals surface area contributed by atoms with Gasteiger partial charge in [0.2, 0.25) is 0 Å². The summed E-state index contributed by atoms with van der Waals surface area (Å²) in [5.41, 5.74) is 9.83. The molecule has 0 saturated heterocycles. The Labute approximate surface area is 95.1 Å². The highest BCUT2D eigenvalue weighted by molar-refractivity contribution is 7.80. The molecular formula is C9H18N2O3S. The van der Waals surface area contributed by atoms with E-state index in [-0.39, 0.29) is 17.2 Å². The molecule has 1 unspecified atom stereocenters. The number of ether oxygens (including phenoxy) is 2. The first kappa shape index (κ1) is 14.0. The van der Waals surface area contributed by atoms with Crippen molar-refractivity contribution in [1.82, 2.24) is 0 Å². The zero-order chi connectivity index (χ0) is 11.9. The van der Waals surface area contributed by atoms with Crippen LogP contribution in [0.5, 0.6) is 0 Å². The Morgan fingerprint density at radius 2 is 1.87 bits per heavy atom. The molecule has 0 rings (SSSR count). The minimum Gasteiger partial charge on any atom is -0.470 e. The summed E-state index contributed by atoms with van der Waals surface area (Å²) in [4.78, 5) is 10.5. The monoisotopic (exact) mass is 234 g/mol. The summed E-state index contributed by atoms with van der Waals surface area (Å²) >= 11 is 4.61. The summed E-state index contributed by atoms with van der Waals surface area (Å²) in [5, 5.41) is -0.00333. The summed E-state index contributed by atoms with van der Waals surface area (Å²) in [6.45, 7) is 4.49. The molecule has 0 bridgehead atoms. The normalized spacial score (nSPS) is 14.0. The summed E-state index contributed by atoms with van der Waals surface area (Å²) < 4.78 is 9.84. The number of primary amides is 1. The summed E-state index contributed by atoms with van der Waals surface area (Å²) in [7, 11) is 0. The van der Waals surface area contributed by atoms with Crippen LogP contribution < -0.4 is 11.5 Å². The Kier molecular flexibility index (Phi) is 6.00. The molecule has 0 aliphatic rings. The molecule has 15 heavy (non-hydrogen) atoms. The van der Waals surface area contributed by atoms with Gasteiger partial charge in [-0.05, 0) is 18.6 Å². The third-order valence-electron chi connectivity index (χ3n) is 1.98. The summed E-state index contributed by atoms with van der Waals surface area (Å²) in [6.07, 6.45) is 0.995. The van der Waals surface area contributed by atoms with Crippen LogP contribution in [0.25, 0.3) is 0 Å². The lowest BCUT2D eigenvalue weighted by Gasteiger charge is -2.27. The van der Waals surface area contributed by atoms with Crippen LogP contribution in [0, 0.1) is 5.41 Å². The van der Waals surface area contributed by atoms with E-state index in [2.05, 4.69) is 12.2 Å². The number of hydrogen-bond acceptors (Lipinski definition) is 4. The van der Waals surface area contributed by atoms with E-state index in [4.69, 9.17) is 20.9 Å². The molecule has 1 atom stereocenters. The van der Waals surface area contributed by atoms with Gasteiger partial charge in [-0.25, -0.2) is 4.79 Å². The van der Waals surface area contributed by atoms with Crippen molar-refractivity contribution in [3.8, 4) is 0 Å². The molecule has 88 valence electrons. The van der Waals surface area contributed by atoms with Crippen molar-refractivity contribution >= 4 is 23.5 Å². The Hall–Kier alpha value is -1.04. The minimum absolute atomic E-state index is 0.00333. The van der Waals surface area contributed by atoms with E-state index in [0.29, 0.717) is 6.61 Å². The second-order valence-electron chi connectivity index (χ2n) is 3.78. The van der Waals surface area contributed by atoms with E-state index in [9.17, 15) is 4.79 Å². The smallest absolute Gasteiger partial charge is 0.404 e. The predicted molar refractivity (Wildman–Crippen MR) is 61.3 cm³/mol. The van der Waals surface area contributed by atoms with Crippen LogP contribution >= 0.6 is 12.2 Å². The van der Waals surface area contributed by atoms with Gasteiger partial charge in [0.05, 0.1) is 6.61 Å². The Morgan fingerprint density at radius 1 is 1.33 bits per heavy atom. The van der Waals surface area contributed by atoms with Gasteiger partial charge in [-0.2, -0.15) is 0 Å². The Morgan fingerprint density at radius 3 is 2.27 bits per heavy atom. The van der Waals surface area contributed by atoms with Gasteiger partial charge in [0.1, 0.15) is 6.61 Å². The molecular weight excluding hydrogens is 216 g/mol. The Bertz CT molecular complexity index is 215. The molecule has 0 aromatic carbocycles. The van der Waals surface area contributed by atoms with Crippen LogP contribution in [0.3, 0.4) is 0 Å². The van der Waals surface area contributed by atoms with Crippen molar-refractivity contribution in [3.05, 3.63) is 0 Å². The fourth-order valence-electron chi connectivity index (χ4n) is 1.28. The molecule has 0 fully saturated rings. The maximum Gasteiger partial charge on any atom is 0.404 e. The SMILES string of the molecule is CCCC(C)(COC(N)=O)COC(N)=S. The average molecular weight is 234 g/mol. The fourth-order valence-corrected chi connectivity index (χ4v) is 1.34. The van der Waals surface area contributed by atoms with Crippen LogP contribution in [-0.4, -0.2) is 24.5 Å². The lowest BCUT2D eigenvalue weighted by molar-refractivity contribution is 0.0523. The van der Waals surface area contributed by atoms with Gasteiger partial charge in [0, 0.05) is 5.41 Å². The van der Waals surface area contributed by atoms with Crippen molar-refractivity contribution in [1.29, 1.82) is 0 Å². The third kappa shape index (κ3) is 6.96. The second-order valence-corrected chi connectivity index (χ2v) is 4.18. The maximum atomic E-state index is 10.5. The highest BCUT2D eigenvalue weighted by Gasteiger charge is 2.26. The lowest BCUT2D eigenvalue weighted by atomic mass is 9.87. The molecule has 0 aliphatic carbocycles. The molecule has 6 heteroatoms. The highest BCUT2D eigenvalue weighted by atomic mass is 32.1. The van der Waals surface area contributed by atoms with Crippen molar-refractivity contribution < 1.29 is 14.3 Å². The first-order valence-electron chi connectivity index (χ1n) is 4.74. The van der Waals surface area contributed by atoms with Crippen LogP contribution in [0.15, 0.2) is 0 Å². The topological polar surface area (TPSA) is 87.6 Å². The van der Waals surface area contributed by atoms with Gasteiger partial charge in [-0.1, -0.05) is 20.3 Å². The molecule has 4 N–H and O–H groups in total. The summed E-state index contributed by atoms with van der Waals surface area (Å²) in [5.74, 6) is 0. The largest absolute Gasteiger partial charge is 0.470 e. The van der Waals surface area contributed by atoms with Gasteiger partial charge in [-0.3, -0.25) is 0 Å². The molecule has 0 aromatic rings. The second kappa shape index (κ2) is 6.44.